The van der Waals surface area contributed by atoms with Gasteiger partial charge in [0.1, 0.15) is 5.82 Å². The summed E-state index contributed by atoms with van der Waals surface area (Å²) in [6.45, 7) is 2.02. The number of nitrogens with zero attached hydrogens (tertiary/aromatic N) is 6. The molecule has 1 aromatic carbocycles. The topological polar surface area (TPSA) is 68.4 Å². The molecule has 1 aliphatic carbocycles. The normalized spacial score (nSPS) is 20.9. The van der Waals surface area contributed by atoms with Gasteiger partial charge in [-0.3, -0.25) is 14.1 Å². The molecule has 0 radical (unpaired) electrons. The molecule has 1 saturated heterocycles. The largest absolute Gasteiger partial charge is 0.381 e. The van der Waals surface area contributed by atoms with Crippen molar-refractivity contribution in [2.24, 2.45) is 7.05 Å². The Labute approximate surface area is 204 Å². The van der Waals surface area contributed by atoms with Gasteiger partial charge in [0.15, 0.2) is 0 Å². The zero-order valence-electron chi connectivity index (χ0n) is 20.8. The van der Waals surface area contributed by atoms with E-state index in [1.807, 2.05) is 30.1 Å². The second-order valence-corrected chi connectivity index (χ2v) is 10.2. The van der Waals surface area contributed by atoms with Crippen molar-refractivity contribution < 1.29 is 4.74 Å². The number of pyridine rings is 2. The Kier molecular flexibility index (Phi) is 5.38. The van der Waals surface area contributed by atoms with Crippen LogP contribution in [-0.4, -0.2) is 70.4 Å². The van der Waals surface area contributed by atoms with Crippen LogP contribution < -0.4 is 10.6 Å². The van der Waals surface area contributed by atoms with Crippen LogP contribution in [0.5, 0.6) is 0 Å². The van der Waals surface area contributed by atoms with E-state index in [0.717, 1.165) is 71.2 Å². The fraction of sp³-hybridized carbons (Fsp3) is 0.444. The maximum absolute atomic E-state index is 13.3. The first kappa shape index (κ1) is 22.2. The van der Waals surface area contributed by atoms with Crippen molar-refractivity contribution in [2.75, 3.05) is 39.2 Å². The number of hydrogen-bond acceptors (Lipinski definition) is 6. The molecule has 1 aliphatic heterocycles. The molecule has 182 valence electrons. The van der Waals surface area contributed by atoms with Gasteiger partial charge in [0, 0.05) is 56.5 Å². The van der Waals surface area contributed by atoms with Gasteiger partial charge in [-0.15, -0.1) is 0 Å². The summed E-state index contributed by atoms with van der Waals surface area (Å²) in [4.78, 5) is 27.3. The zero-order valence-corrected chi connectivity index (χ0v) is 20.8. The lowest BCUT2D eigenvalue weighted by Gasteiger charge is -2.43. The van der Waals surface area contributed by atoms with Gasteiger partial charge in [0.25, 0.3) is 0 Å². The van der Waals surface area contributed by atoms with Gasteiger partial charge in [0.05, 0.1) is 28.9 Å². The molecule has 1 saturated carbocycles. The fourth-order valence-electron chi connectivity index (χ4n) is 5.62. The molecule has 6 rings (SSSR count). The molecule has 2 atom stereocenters. The molecule has 35 heavy (non-hydrogen) atoms. The number of ether oxygens (including phenoxy) is 1. The summed E-state index contributed by atoms with van der Waals surface area (Å²) in [7, 11) is 7.84. The number of aryl methyl sites for hydroxylation is 1. The van der Waals surface area contributed by atoms with E-state index in [4.69, 9.17) is 9.72 Å². The molecule has 4 heterocycles. The van der Waals surface area contributed by atoms with Gasteiger partial charge in [-0.05, 0) is 63.2 Å². The molecule has 4 aromatic rings. The van der Waals surface area contributed by atoms with Gasteiger partial charge in [-0.1, -0.05) is 6.07 Å². The standard InChI is InChI=1S/C27H32N6O2/c1-30(2)20-15-32(16-20)25-10-6-18(13-29-25)17-5-9-23-22(11-17)26-24(14-28-23)31(3)27(34)33(26)19-7-8-21(12-19)35-4/h5-6,9-11,13-14,19-21H,7-8,12,15-16H2,1-4H3/t19-,21-/m0/s1. The number of methoxy groups -OCH3 is 1. The minimum absolute atomic E-state index is 0.0121. The molecular weight excluding hydrogens is 440 g/mol. The number of rotatable bonds is 5. The van der Waals surface area contributed by atoms with Gasteiger partial charge < -0.3 is 14.5 Å². The summed E-state index contributed by atoms with van der Waals surface area (Å²) in [5, 5.41) is 0.999. The average molecular weight is 473 g/mol. The van der Waals surface area contributed by atoms with Gasteiger partial charge >= 0.3 is 5.69 Å². The Morgan fingerprint density at radius 1 is 1.03 bits per heavy atom. The Bertz CT molecular complexity index is 1450. The number of anilines is 1. The van der Waals surface area contributed by atoms with E-state index in [-0.39, 0.29) is 17.8 Å². The second-order valence-electron chi connectivity index (χ2n) is 10.2. The molecule has 3 aromatic heterocycles. The molecule has 2 aliphatic rings. The number of benzene rings is 1. The number of fused-ring (bicyclic) bond motifs is 3. The molecule has 0 spiro atoms. The van der Waals surface area contributed by atoms with Crippen LogP contribution in [0.1, 0.15) is 25.3 Å². The maximum Gasteiger partial charge on any atom is 0.329 e. The molecule has 8 heteroatoms. The predicted molar refractivity (Wildman–Crippen MR) is 139 cm³/mol. The van der Waals surface area contributed by atoms with Crippen LogP contribution in [0.15, 0.2) is 47.5 Å². The third kappa shape index (κ3) is 3.63. The van der Waals surface area contributed by atoms with Crippen molar-refractivity contribution in [2.45, 2.75) is 37.5 Å². The molecular formula is C27H32N6O2. The minimum atomic E-state index is 0.0121. The number of likely N-dealkylation sites (N-methyl/N-ethyl adjacent to an activating group) is 1. The SMILES string of the molecule is CO[C@H]1CC[C@H](n2c(=O)n(C)c3cnc4ccc(-c5ccc(N6CC(N(C)C)C6)nc5)cc4c32)C1. The highest BCUT2D eigenvalue weighted by molar-refractivity contribution is 6.04. The molecule has 0 N–H and O–H groups in total. The molecule has 0 bridgehead atoms. The van der Waals surface area contributed by atoms with E-state index in [0.29, 0.717) is 6.04 Å². The van der Waals surface area contributed by atoms with E-state index in [2.05, 4.69) is 53.1 Å². The minimum Gasteiger partial charge on any atom is -0.381 e. The third-order valence-electron chi connectivity index (χ3n) is 7.97. The summed E-state index contributed by atoms with van der Waals surface area (Å²) in [5.74, 6) is 1.02. The maximum atomic E-state index is 13.3. The Balaban J connectivity index is 1.40. The fourth-order valence-corrected chi connectivity index (χ4v) is 5.62. The highest BCUT2D eigenvalue weighted by Gasteiger charge is 2.30. The lowest BCUT2D eigenvalue weighted by molar-refractivity contribution is 0.106. The van der Waals surface area contributed by atoms with Crippen molar-refractivity contribution >= 4 is 27.8 Å². The summed E-state index contributed by atoms with van der Waals surface area (Å²) < 4.78 is 9.30. The van der Waals surface area contributed by atoms with Crippen LogP contribution >= 0.6 is 0 Å². The van der Waals surface area contributed by atoms with E-state index >= 15 is 0 Å². The number of imidazole rings is 1. The predicted octanol–water partition coefficient (Wildman–Crippen LogP) is 3.44. The first-order valence-electron chi connectivity index (χ1n) is 12.3. The molecule has 0 unspecified atom stereocenters. The highest BCUT2D eigenvalue weighted by Crippen LogP contribution is 2.36. The van der Waals surface area contributed by atoms with E-state index in [1.54, 1.807) is 11.7 Å². The first-order valence-corrected chi connectivity index (χ1v) is 12.3. The van der Waals surface area contributed by atoms with Crippen LogP contribution in [-0.2, 0) is 11.8 Å². The lowest BCUT2D eigenvalue weighted by Crippen LogP contribution is -2.57. The van der Waals surface area contributed by atoms with Crippen LogP contribution in [0, 0.1) is 0 Å². The second kappa shape index (κ2) is 8.46. The van der Waals surface area contributed by atoms with Crippen LogP contribution in [0.2, 0.25) is 0 Å². The van der Waals surface area contributed by atoms with Crippen LogP contribution in [0.4, 0.5) is 5.82 Å². The van der Waals surface area contributed by atoms with Gasteiger partial charge in [-0.25, -0.2) is 9.78 Å². The third-order valence-corrected chi connectivity index (χ3v) is 7.97. The van der Waals surface area contributed by atoms with E-state index in [9.17, 15) is 4.79 Å². The monoisotopic (exact) mass is 472 g/mol. The number of hydrogen-bond donors (Lipinski definition) is 0. The summed E-state index contributed by atoms with van der Waals surface area (Å²) >= 11 is 0. The Morgan fingerprint density at radius 2 is 1.83 bits per heavy atom. The van der Waals surface area contributed by atoms with Crippen molar-refractivity contribution in [1.82, 2.24) is 24.0 Å². The van der Waals surface area contributed by atoms with Crippen molar-refractivity contribution in [3.8, 4) is 11.1 Å². The van der Waals surface area contributed by atoms with Gasteiger partial charge in [0.2, 0.25) is 0 Å². The first-order chi connectivity index (χ1) is 16.9. The van der Waals surface area contributed by atoms with Gasteiger partial charge in [-0.2, -0.15) is 0 Å². The van der Waals surface area contributed by atoms with Crippen molar-refractivity contribution in [1.29, 1.82) is 0 Å². The Hall–Kier alpha value is -3.23. The van der Waals surface area contributed by atoms with Crippen molar-refractivity contribution in [3.63, 3.8) is 0 Å². The van der Waals surface area contributed by atoms with Crippen LogP contribution in [0.3, 0.4) is 0 Å². The lowest BCUT2D eigenvalue weighted by atomic mass is 10.0. The molecule has 8 nitrogen and oxygen atoms in total. The number of aromatic nitrogens is 4. The molecule has 0 amide bonds. The highest BCUT2D eigenvalue weighted by atomic mass is 16.5. The average Bonchev–Trinajstić information content (AvgIpc) is 3.40. The van der Waals surface area contributed by atoms with E-state index in [1.165, 1.54) is 0 Å². The van der Waals surface area contributed by atoms with Crippen LogP contribution in [0.25, 0.3) is 33.1 Å². The zero-order chi connectivity index (χ0) is 24.3. The summed E-state index contributed by atoms with van der Waals surface area (Å²) in [6, 6.07) is 11.3. The Morgan fingerprint density at radius 3 is 2.51 bits per heavy atom. The molecule has 2 fully saturated rings. The van der Waals surface area contributed by atoms with Crippen molar-refractivity contribution in [3.05, 3.63) is 53.2 Å². The summed E-state index contributed by atoms with van der Waals surface area (Å²) in [5.41, 5.74) is 4.86. The smallest absolute Gasteiger partial charge is 0.329 e. The van der Waals surface area contributed by atoms with E-state index < -0.39 is 0 Å². The quantitative estimate of drug-likeness (QED) is 0.443. The summed E-state index contributed by atoms with van der Waals surface area (Å²) in [6.07, 6.45) is 6.75.